The van der Waals surface area contributed by atoms with Crippen molar-refractivity contribution in [3.05, 3.63) is 25.1 Å². The Morgan fingerprint density at radius 2 is 2.33 bits per heavy atom. The fourth-order valence-electron chi connectivity index (χ4n) is 1.51. The summed E-state index contributed by atoms with van der Waals surface area (Å²) in [6.07, 6.45) is 7.20. The molecular formula is C11H16N2NiO. The quantitative estimate of drug-likeness (QED) is 0.587. The van der Waals surface area contributed by atoms with Crippen molar-refractivity contribution >= 4 is 6.29 Å². The number of nitrogens with zero attached hydrogens (tertiary/aromatic N) is 2. The van der Waals surface area contributed by atoms with Gasteiger partial charge in [-0.2, -0.15) is 11.8 Å². The summed E-state index contributed by atoms with van der Waals surface area (Å²) in [4.78, 5) is 14.6. The summed E-state index contributed by atoms with van der Waals surface area (Å²) in [7, 11) is 1.95. The number of hydrogen-bond acceptors (Lipinski definition) is 2. The van der Waals surface area contributed by atoms with Crippen LogP contribution in [0.15, 0.2) is 12.5 Å². The standard InChI is InChI=1S/C11H16N2O.Ni/c1-4-10(7-14)9(2)5-11-6-12-8-13(11)3;/h6,8-10H,2,4-5H2,1,3H3;/q-2;+2/t9-,10-;/m1./s1. The van der Waals surface area contributed by atoms with Gasteiger partial charge in [0.25, 0.3) is 0 Å². The average Bonchev–Trinajstić information content (AvgIpc) is 2.54. The fourth-order valence-corrected chi connectivity index (χ4v) is 1.51. The van der Waals surface area contributed by atoms with Gasteiger partial charge in [0.2, 0.25) is 0 Å². The Balaban J connectivity index is 0.00000196. The SMILES string of the molecule is [CH2-][C@H](Cc1cncn1C)[C@@H]([C-]=O)CC.[Ni+2]. The molecule has 0 aromatic carbocycles. The molecule has 0 unspecified atom stereocenters. The largest absolute Gasteiger partial charge is 2.00 e. The van der Waals surface area contributed by atoms with Gasteiger partial charge in [-0.05, 0) is 6.42 Å². The van der Waals surface area contributed by atoms with Gasteiger partial charge in [0.05, 0.1) is 6.33 Å². The minimum Gasteiger partial charge on any atom is -0.542 e. The van der Waals surface area contributed by atoms with Gasteiger partial charge < -0.3 is 16.3 Å². The Kier molecular flexibility index (Phi) is 6.50. The molecule has 0 N–H and O–H groups in total. The van der Waals surface area contributed by atoms with E-state index in [2.05, 4.69) is 11.9 Å². The number of imidazole rings is 1. The normalized spacial score (nSPS) is 14.1. The van der Waals surface area contributed by atoms with E-state index in [-0.39, 0.29) is 28.3 Å². The van der Waals surface area contributed by atoms with Gasteiger partial charge in [0, 0.05) is 18.9 Å². The fraction of sp³-hybridized carbons (Fsp3) is 0.545. The Labute approximate surface area is 101 Å². The molecule has 3 nitrogen and oxygen atoms in total. The van der Waals surface area contributed by atoms with E-state index in [9.17, 15) is 4.79 Å². The first-order valence-electron chi connectivity index (χ1n) is 4.85. The van der Waals surface area contributed by atoms with E-state index in [0.29, 0.717) is 0 Å². The molecule has 0 fully saturated rings. The van der Waals surface area contributed by atoms with Gasteiger partial charge in [0.1, 0.15) is 0 Å². The smallest absolute Gasteiger partial charge is 0.542 e. The summed E-state index contributed by atoms with van der Waals surface area (Å²) >= 11 is 0. The van der Waals surface area contributed by atoms with E-state index >= 15 is 0 Å². The summed E-state index contributed by atoms with van der Waals surface area (Å²) in [6, 6.07) is 0. The van der Waals surface area contributed by atoms with Crippen LogP contribution in [0.5, 0.6) is 0 Å². The molecule has 0 bridgehead atoms. The van der Waals surface area contributed by atoms with Gasteiger partial charge in [-0.25, -0.2) is 4.98 Å². The molecule has 0 saturated carbocycles. The van der Waals surface area contributed by atoms with Gasteiger partial charge in [-0.1, -0.05) is 13.3 Å². The van der Waals surface area contributed by atoms with E-state index in [0.717, 1.165) is 18.5 Å². The van der Waals surface area contributed by atoms with Gasteiger partial charge in [-0.3, -0.25) is 6.29 Å². The molecule has 1 aromatic heterocycles. The van der Waals surface area contributed by atoms with Crippen molar-refractivity contribution in [2.24, 2.45) is 18.9 Å². The van der Waals surface area contributed by atoms with Crippen LogP contribution in [0.1, 0.15) is 19.0 Å². The average molecular weight is 251 g/mol. The molecule has 1 heterocycles. The third kappa shape index (κ3) is 3.79. The molecule has 1 aromatic rings. The van der Waals surface area contributed by atoms with Crippen LogP contribution in [0.2, 0.25) is 0 Å². The van der Waals surface area contributed by atoms with E-state index < -0.39 is 0 Å². The number of aromatic nitrogens is 2. The molecule has 0 spiro atoms. The first-order chi connectivity index (χ1) is 6.69. The van der Waals surface area contributed by atoms with Gasteiger partial charge >= 0.3 is 16.5 Å². The predicted molar refractivity (Wildman–Crippen MR) is 55.2 cm³/mol. The predicted octanol–water partition coefficient (Wildman–Crippen LogP) is 1.55. The van der Waals surface area contributed by atoms with Crippen LogP contribution in [0.4, 0.5) is 0 Å². The van der Waals surface area contributed by atoms with E-state index in [1.165, 1.54) is 0 Å². The molecule has 4 heteroatoms. The van der Waals surface area contributed by atoms with Crippen molar-refractivity contribution in [1.82, 2.24) is 9.55 Å². The second-order valence-electron chi connectivity index (χ2n) is 3.59. The molecule has 15 heavy (non-hydrogen) atoms. The van der Waals surface area contributed by atoms with E-state index in [4.69, 9.17) is 0 Å². The third-order valence-electron chi connectivity index (χ3n) is 2.55. The summed E-state index contributed by atoms with van der Waals surface area (Å²) in [5.41, 5.74) is 1.11. The monoisotopic (exact) mass is 250 g/mol. The van der Waals surface area contributed by atoms with Crippen LogP contribution < -0.4 is 0 Å². The second-order valence-corrected chi connectivity index (χ2v) is 3.59. The Bertz CT molecular complexity index is 299. The maximum absolute atomic E-state index is 10.6. The molecule has 2 atom stereocenters. The van der Waals surface area contributed by atoms with Crippen molar-refractivity contribution in [2.45, 2.75) is 19.8 Å². The minimum absolute atomic E-state index is 0. The molecule has 86 valence electrons. The van der Waals surface area contributed by atoms with Crippen molar-refractivity contribution in [2.75, 3.05) is 0 Å². The third-order valence-corrected chi connectivity index (χ3v) is 2.55. The summed E-state index contributed by atoms with van der Waals surface area (Å²) in [5, 5.41) is 0. The Hall–Kier alpha value is -0.626. The zero-order chi connectivity index (χ0) is 10.6. The zero-order valence-corrected chi connectivity index (χ0v) is 10.0. The second kappa shape index (κ2) is 6.78. The van der Waals surface area contributed by atoms with Crippen molar-refractivity contribution in [3.8, 4) is 0 Å². The van der Waals surface area contributed by atoms with Gasteiger partial charge in [0.15, 0.2) is 0 Å². The van der Waals surface area contributed by atoms with Crippen molar-refractivity contribution < 1.29 is 21.3 Å². The maximum atomic E-state index is 10.6. The van der Waals surface area contributed by atoms with Gasteiger partial charge in [-0.15, -0.1) is 0 Å². The number of rotatable bonds is 5. The first kappa shape index (κ1) is 14.4. The molecular weight excluding hydrogens is 235 g/mol. The zero-order valence-electron chi connectivity index (χ0n) is 9.05. The Morgan fingerprint density at radius 3 is 2.73 bits per heavy atom. The number of carbonyl (C=O) groups excluding carboxylic acids is 1. The van der Waals surface area contributed by atoms with E-state index in [1.807, 2.05) is 31.0 Å². The maximum Gasteiger partial charge on any atom is 2.00 e. The summed E-state index contributed by atoms with van der Waals surface area (Å²) in [6.45, 7) is 5.98. The molecule has 0 saturated heterocycles. The summed E-state index contributed by atoms with van der Waals surface area (Å²) in [5.74, 6) is 0.0257. The van der Waals surface area contributed by atoms with E-state index in [1.54, 1.807) is 6.33 Å². The van der Waals surface area contributed by atoms with Crippen LogP contribution in [-0.2, 0) is 34.8 Å². The van der Waals surface area contributed by atoms with Crippen LogP contribution >= 0.6 is 0 Å². The van der Waals surface area contributed by atoms with Crippen LogP contribution in [0.3, 0.4) is 0 Å². The van der Waals surface area contributed by atoms with Crippen molar-refractivity contribution in [3.63, 3.8) is 0 Å². The molecule has 1 rings (SSSR count). The molecule has 0 aliphatic carbocycles. The molecule has 0 aliphatic heterocycles. The summed E-state index contributed by atoms with van der Waals surface area (Å²) < 4.78 is 1.95. The number of hydrogen-bond donors (Lipinski definition) is 0. The minimum atomic E-state index is -0.0649. The Morgan fingerprint density at radius 1 is 1.67 bits per heavy atom. The topological polar surface area (TPSA) is 34.9 Å². The number of aryl methyl sites for hydroxylation is 1. The van der Waals surface area contributed by atoms with Crippen molar-refractivity contribution in [1.29, 1.82) is 0 Å². The van der Waals surface area contributed by atoms with Crippen LogP contribution in [0.25, 0.3) is 0 Å². The molecule has 0 aliphatic rings. The van der Waals surface area contributed by atoms with Crippen LogP contribution in [0, 0.1) is 18.8 Å². The van der Waals surface area contributed by atoms with Crippen LogP contribution in [-0.4, -0.2) is 15.8 Å². The molecule has 0 radical (unpaired) electrons. The molecule has 0 amide bonds. The first-order valence-corrected chi connectivity index (χ1v) is 4.85.